The molecule has 17 heavy (non-hydrogen) atoms. The van der Waals surface area contributed by atoms with Crippen LogP contribution in [0.15, 0.2) is 0 Å². The highest BCUT2D eigenvalue weighted by Gasteiger charge is 2.19. The highest BCUT2D eigenvalue weighted by Crippen LogP contribution is 2.06. The average Bonchev–Trinajstić information content (AvgIpc) is 2.57. The summed E-state index contributed by atoms with van der Waals surface area (Å²) in [5.41, 5.74) is 0. The van der Waals surface area contributed by atoms with Crippen molar-refractivity contribution in [2.24, 2.45) is 0 Å². The van der Waals surface area contributed by atoms with Gasteiger partial charge in [-0.2, -0.15) is 0 Å². The van der Waals surface area contributed by atoms with Crippen molar-refractivity contribution in [1.82, 2.24) is 9.80 Å². The van der Waals surface area contributed by atoms with Gasteiger partial charge in [0, 0.05) is 39.3 Å². The summed E-state index contributed by atoms with van der Waals surface area (Å²) in [6.45, 7) is 12.4. The minimum atomic E-state index is 0.114. The number of carbonyl (C=O) groups is 1. The largest absolute Gasteiger partial charge is 0.375 e. The normalized spacial score (nSPS) is 17.4. The van der Waals surface area contributed by atoms with Gasteiger partial charge in [-0.1, -0.05) is 13.8 Å². The monoisotopic (exact) mass is 244 g/mol. The van der Waals surface area contributed by atoms with Gasteiger partial charge in [0.25, 0.3) is 0 Å². The highest BCUT2D eigenvalue weighted by atomic mass is 16.5. The van der Waals surface area contributed by atoms with Gasteiger partial charge in [-0.15, -0.1) is 0 Å². The molecule has 0 N–H and O–H groups in total. The van der Waals surface area contributed by atoms with Crippen molar-refractivity contribution >= 4 is 5.91 Å². The fourth-order valence-electron chi connectivity index (χ4n) is 1.92. The van der Waals surface area contributed by atoms with Crippen molar-refractivity contribution in [2.45, 2.75) is 40.2 Å². The van der Waals surface area contributed by atoms with Gasteiger partial charge in [0.1, 0.15) is 6.61 Å². The second-order valence-electron chi connectivity index (χ2n) is 4.30. The Morgan fingerprint density at radius 2 is 1.82 bits per heavy atom. The molecule has 0 radical (unpaired) electrons. The Morgan fingerprint density at radius 3 is 2.35 bits per heavy atom. The molecular formula is C13H28N2O2. The van der Waals surface area contributed by atoms with Gasteiger partial charge in [0.15, 0.2) is 0 Å². The van der Waals surface area contributed by atoms with Crippen LogP contribution < -0.4 is 0 Å². The molecule has 0 aromatic heterocycles. The van der Waals surface area contributed by atoms with E-state index in [1.165, 1.54) is 0 Å². The molecule has 0 aliphatic carbocycles. The molecule has 1 amide bonds. The predicted molar refractivity (Wildman–Crippen MR) is 71.1 cm³/mol. The van der Waals surface area contributed by atoms with E-state index in [-0.39, 0.29) is 12.5 Å². The van der Waals surface area contributed by atoms with E-state index in [0.717, 1.165) is 32.6 Å². The second-order valence-corrected chi connectivity index (χ2v) is 4.30. The Labute approximate surface area is 106 Å². The molecule has 102 valence electrons. The maximum absolute atomic E-state index is 11.6. The molecule has 1 rings (SSSR count). The molecule has 1 aliphatic rings. The summed E-state index contributed by atoms with van der Waals surface area (Å²) >= 11 is 0. The van der Waals surface area contributed by atoms with Gasteiger partial charge in [-0.25, -0.2) is 0 Å². The fraction of sp³-hybridized carbons (Fsp3) is 0.923. The number of nitrogens with zero attached hydrogens (tertiary/aromatic N) is 2. The van der Waals surface area contributed by atoms with E-state index in [4.69, 9.17) is 4.74 Å². The summed E-state index contributed by atoms with van der Waals surface area (Å²) in [5, 5.41) is 0. The molecule has 0 aromatic carbocycles. The summed E-state index contributed by atoms with van der Waals surface area (Å²) < 4.78 is 4.87. The van der Waals surface area contributed by atoms with Crippen LogP contribution in [0.2, 0.25) is 0 Å². The molecule has 0 aromatic rings. The number of amides is 1. The third-order valence-corrected chi connectivity index (χ3v) is 2.88. The quantitative estimate of drug-likeness (QED) is 0.756. The minimum Gasteiger partial charge on any atom is -0.375 e. The van der Waals surface area contributed by atoms with Crippen LogP contribution in [0.25, 0.3) is 0 Å². The fourth-order valence-corrected chi connectivity index (χ4v) is 1.92. The highest BCUT2D eigenvalue weighted by molar-refractivity contribution is 5.77. The van der Waals surface area contributed by atoms with E-state index < -0.39 is 0 Å². The van der Waals surface area contributed by atoms with Crippen LogP contribution in [0, 0.1) is 0 Å². The van der Waals surface area contributed by atoms with Crippen molar-refractivity contribution in [3.63, 3.8) is 0 Å². The number of carbonyl (C=O) groups excluding carboxylic acids is 1. The first-order chi connectivity index (χ1) is 8.15. The first-order valence-electron chi connectivity index (χ1n) is 6.66. The standard InChI is InChI=1S/C11H22N2O2.C2H6/c1-10(2)12-5-4-6-13(8-7-12)11(14)9-15-3;1-2/h10H,4-9H2,1-3H3;1-2H3. The lowest BCUT2D eigenvalue weighted by molar-refractivity contribution is -0.135. The van der Waals surface area contributed by atoms with Crippen molar-refractivity contribution in [3.8, 4) is 0 Å². The lowest BCUT2D eigenvalue weighted by Gasteiger charge is -2.24. The predicted octanol–water partition coefficient (Wildman–Crippen LogP) is 1.60. The van der Waals surface area contributed by atoms with E-state index in [2.05, 4.69) is 18.7 Å². The summed E-state index contributed by atoms with van der Waals surface area (Å²) in [6, 6.07) is 0.572. The molecule has 1 heterocycles. The zero-order valence-corrected chi connectivity index (χ0v) is 12.0. The first kappa shape index (κ1) is 16.4. The summed E-state index contributed by atoms with van der Waals surface area (Å²) in [5.74, 6) is 0.114. The maximum atomic E-state index is 11.6. The zero-order chi connectivity index (χ0) is 13.3. The molecule has 0 saturated carbocycles. The molecule has 4 heteroatoms. The van der Waals surface area contributed by atoms with Gasteiger partial charge in [-0.3, -0.25) is 9.69 Å². The van der Waals surface area contributed by atoms with Crippen LogP contribution in [0.4, 0.5) is 0 Å². The van der Waals surface area contributed by atoms with Gasteiger partial charge in [0.05, 0.1) is 0 Å². The number of methoxy groups -OCH3 is 1. The molecule has 0 bridgehead atoms. The van der Waals surface area contributed by atoms with Crippen LogP contribution in [0.1, 0.15) is 34.1 Å². The molecule has 4 nitrogen and oxygen atoms in total. The van der Waals surface area contributed by atoms with Crippen molar-refractivity contribution in [2.75, 3.05) is 39.9 Å². The molecule has 0 unspecified atom stereocenters. The SMILES string of the molecule is CC.COCC(=O)N1CCCN(C(C)C)CC1. The van der Waals surface area contributed by atoms with E-state index in [1.807, 2.05) is 18.7 Å². The smallest absolute Gasteiger partial charge is 0.248 e. The van der Waals surface area contributed by atoms with Gasteiger partial charge in [0.2, 0.25) is 5.91 Å². The Hall–Kier alpha value is -0.610. The Morgan fingerprint density at radius 1 is 1.18 bits per heavy atom. The number of hydrogen-bond donors (Lipinski definition) is 0. The second kappa shape index (κ2) is 9.42. The number of rotatable bonds is 3. The first-order valence-corrected chi connectivity index (χ1v) is 6.66. The van der Waals surface area contributed by atoms with Crippen LogP contribution in [0.5, 0.6) is 0 Å². The van der Waals surface area contributed by atoms with E-state index in [9.17, 15) is 4.79 Å². The molecular weight excluding hydrogens is 216 g/mol. The number of ether oxygens (including phenoxy) is 1. The molecule has 1 aliphatic heterocycles. The third kappa shape index (κ3) is 6.03. The van der Waals surface area contributed by atoms with Gasteiger partial charge in [-0.05, 0) is 20.3 Å². The van der Waals surface area contributed by atoms with Gasteiger partial charge < -0.3 is 9.64 Å². The maximum Gasteiger partial charge on any atom is 0.248 e. The van der Waals surface area contributed by atoms with Crippen molar-refractivity contribution < 1.29 is 9.53 Å². The van der Waals surface area contributed by atoms with Crippen LogP contribution in [-0.4, -0.2) is 61.6 Å². The zero-order valence-electron chi connectivity index (χ0n) is 12.0. The summed E-state index contributed by atoms with van der Waals surface area (Å²) in [6.07, 6.45) is 1.06. The Kier molecular flexibility index (Phi) is 9.09. The lowest BCUT2D eigenvalue weighted by atomic mass is 10.3. The summed E-state index contributed by atoms with van der Waals surface area (Å²) in [4.78, 5) is 15.9. The third-order valence-electron chi connectivity index (χ3n) is 2.88. The Balaban J connectivity index is 0.00000121. The van der Waals surface area contributed by atoms with Crippen LogP contribution >= 0.6 is 0 Å². The van der Waals surface area contributed by atoms with Gasteiger partial charge >= 0.3 is 0 Å². The lowest BCUT2D eigenvalue weighted by Crippen LogP contribution is -2.38. The average molecular weight is 244 g/mol. The van der Waals surface area contributed by atoms with Crippen LogP contribution in [-0.2, 0) is 9.53 Å². The molecule has 1 saturated heterocycles. The van der Waals surface area contributed by atoms with E-state index in [1.54, 1.807) is 7.11 Å². The number of hydrogen-bond acceptors (Lipinski definition) is 3. The molecule has 0 spiro atoms. The van der Waals surface area contributed by atoms with E-state index in [0.29, 0.717) is 6.04 Å². The molecule has 0 atom stereocenters. The van der Waals surface area contributed by atoms with Crippen molar-refractivity contribution in [1.29, 1.82) is 0 Å². The topological polar surface area (TPSA) is 32.8 Å². The van der Waals surface area contributed by atoms with Crippen LogP contribution in [0.3, 0.4) is 0 Å². The molecule has 1 fully saturated rings. The van der Waals surface area contributed by atoms with E-state index >= 15 is 0 Å². The minimum absolute atomic E-state index is 0.114. The van der Waals surface area contributed by atoms with Crippen molar-refractivity contribution in [3.05, 3.63) is 0 Å². The Bertz CT molecular complexity index is 208. The summed E-state index contributed by atoms with van der Waals surface area (Å²) in [7, 11) is 1.57.